The lowest BCUT2D eigenvalue weighted by Crippen LogP contribution is -2.43. The molecule has 0 spiro atoms. The van der Waals surface area contributed by atoms with Crippen molar-refractivity contribution < 1.29 is 17.9 Å². The van der Waals surface area contributed by atoms with Crippen molar-refractivity contribution in [2.75, 3.05) is 32.2 Å². The number of ether oxygens (including phenoxy) is 1. The predicted octanol–water partition coefficient (Wildman–Crippen LogP) is 1.10. The predicted molar refractivity (Wildman–Crippen MR) is 93.7 cm³/mol. The van der Waals surface area contributed by atoms with E-state index in [4.69, 9.17) is 10.5 Å². The second-order valence-electron chi connectivity index (χ2n) is 5.30. The first-order valence-electron chi connectivity index (χ1n) is 7.16. The van der Waals surface area contributed by atoms with Crippen LogP contribution in [0.15, 0.2) is 30.3 Å². The Kier molecular flexibility index (Phi) is 9.87. The molecule has 0 bridgehead atoms. The van der Waals surface area contributed by atoms with Gasteiger partial charge in [-0.25, -0.2) is 8.42 Å². The molecule has 8 heteroatoms. The number of benzene rings is 1. The molecule has 1 aromatic rings. The van der Waals surface area contributed by atoms with E-state index in [1.165, 1.54) is 4.90 Å². The van der Waals surface area contributed by atoms with E-state index in [9.17, 15) is 13.2 Å². The number of hydrogen-bond acceptors (Lipinski definition) is 5. The van der Waals surface area contributed by atoms with Gasteiger partial charge < -0.3 is 15.4 Å². The molecular formula is C15H25ClN2O4S. The van der Waals surface area contributed by atoms with Crippen LogP contribution in [0.3, 0.4) is 0 Å². The fraction of sp³-hybridized carbons (Fsp3) is 0.533. The van der Waals surface area contributed by atoms with Gasteiger partial charge in [0.25, 0.3) is 0 Å². The van der Waals surface area contributed by atoms with Gasteiger partial charge in [0.05, 0.1) is 18.4 Å². The third kappa shape index (κ3) is 9.43. The molecule has 6 nitrogen and oxygen atoms in total. The molecule has 0 saturated heterocycles. The number of amides is 1. The Hall–Kier alpha value is -1.31. The zero-order valence-corrected chi connectivity index (χ0v) is 15.1. The van der Waals surface area contributed by atoms with Crippen LogP contribution in [0.4, 0.5) is 0 Å². The molecule has 2 N–H and O–H groups in total. The Morgan fingerprint density at radius 3 is 2.48 bits per heavy atom. The Bertz CT molecular complexity index is 566. The molecule has 1 atom stereocenters. The number of carbonyl (C=O) groups excluding carboxylic acids is 1. The Morgan fingerprint density at radius 1 is 1.30 bits per heavy atom. The van der Waals surface area contributed by atoms with Crippen LogP contribution in [0.5, 0.6) is 5.75 Å². The normalized spacial score (nSPS) is 12.1. The van der Waals surface area contributed by atoms with E-state index in [0.717, 1.165) is 12.0 Å². The number of nitrogens with zero attached hydrogens (tertiary/aromatic N) is 1. The molecule has 0 aromatic heterocycles. The lowest BCUT2D eigenvalue weighted by atomic mass is 10.2. The van der Waals surface area contributed by atoms with E-state index < -0.39 is 15.9 Å². The van der Waals surface area contributed by atoms with Crippen LogP contribution in [-0.2, 0) is 14.6 Å². The van der Waals surface area contributed by atoms with Gasteiger partial charge in [-0.05, 0) is 25.0 Å². The molecule has 0 aliphatic heterocycles. The van der Waals surface area contributed by atoms with Crippen LogP contribution in [0.2, 0.25) is 0 Å². The third-order valence-corrected chi connectivity index (χ3v) is 4.12. The van der Waals surface area contributed by atoms with Crippen molar-refractivity contribution in [3.05, 3.63) is 30.3 Å². The van der Waals surface area contributed by atoms with Crippen molar-refractivity contribution in [3.8, 4) is 5.75 Å². The standard InChI is InChI=1S/C15H24N2O4S.ClH/c1-17(15(18)14(16)9-12-22(2,19)20)10-6-11-21-13-7-4-3-5-8-13;/h3-5,7-8,14H,6,9-12,16H2,1-2H3;1H. The first-order valence-corrected chi connectivity index (χ1v) is 9.22. The molecule has 0 heterocycles. The SMILES string of the molecule is CN(CCCOc1ccccc1)C(=O)C(N)CCS(C)(=O)=O.Cl. The van der Waals surface area contributed by atoms with Crippen molar-refractivity contribution in [1.82, 2.24) is 4.90 Å². The zero-order chi connectivity index (χ0) is 16.6. The largest absolute Gasteiger partial charge is 0.494 e. The third-order valence-electron chi connectivity index (χ3n) is 3.14. The van der Waals surface area contributed by atoms with Crippen molar-refractivity contribution in [2.45, 2.75) is 18.9 Å². The summed E-state index contributed by atoms with van der Waals surface area (Å²) in [5, 5.41) is 0. The maximum atomic E-state index is 12.0. The highest BCUT2D eigenvalue weighted by atomic mass is 35.5. The number of rotatable bonds is 9. The van der Waals surface area contributed by atoms with Crippen molar-refractivity contribution in [3.63, 3.8) is 0 Å². The summed E-state index contributed by atoms with van der Waals surface area (Å²) in [6.45, 7) is 1.01. The fourth-order valence-corrected chi connectivity index (χ4v) is 2.55. The minimum absolute atomic E-state index is 0. The quantitative estimate of drug-likeness (QED) is 0.662. The molecule has 23 heavy (non-hydrogen) atoms. The summed E-state index contributed by atoms with van der Waals surface area (Å²) in [5.41, 5.74) is 5.73. The summed E-state index contributed by atoms with van der Waals surface area (Å²) in [7, 11) is -1.44. The van der Waals surface area contributed by atoms with E-state index in [-0.39, 0.29) is 30.5 Å². The van der Waals surface area contributed by atoms with Gasteiger partial charge in [-0.15, -0.1) is 12.4 Å². The van der Waals surface area contributed by atoms with Crippen LogP contribution >= 0.6 is 12.4 Å². The summed E-state index contributed by atoms with van der Waals surface area (Å²) in [4.78, 5) is 13.5. The summed E-state index contributed by atoms with van der Waals surface area (Å²) in [5.74, 6) is 0.468. The van der Waals surface area contributed by atoms with E-state index in [1.54, 1.807) is 7.05 Å². The van der Waals surface area contributed by atoms with Gasteiger partial charge in [-0.2, -0.15) is 0 Å². The van der Waals surface area contributed by atoms with Gasteiger partial charge >= 0.3 is 0 Å². The summed E-state index contributed by atoms with van der Waals surface area (Å²) in [6, 6.07) is 8.66. The van der Waals surface area contributed by atoms with E-state index >= 15 is 0 Å². The van der Waals surface area contributed by atoms with Gasteiger partial charge in [0.1, 0.15) is 15.6 Å². The highest BCUT2D eigenvalue weighted by molar-refractivity contribution is 7.90. The number of nitrogens with two attached hydrogens (primary N) is 1. The van der Waals surface area contributed by atoms with Crippen LogP contribution in [0.1, 0.15) is 12.8 Å². The zero-order valence-electron chi connectivity index (χ0n) is 13.5. The number of hydrogen-bond donors (Lipinski definition) is 1. The van der Waals surface area contributed by atoms with Gasteiger partial charge in [0.15, 0.2) is 0 Å². The maximum Gasteiger partial charge on any atom is 0.239 e. The monoisotopic (exact) mass is 364 g/mol. The number of carbonyl (C=O) groups is 1. The maximum absolute atomic E-state index is 12.0. The molecule has 0 saturated carbocycles. The van der Waals surface area contributed by atoms with Gasteiger partial charge in [-0.3, -0.25) is 4.79 Å². The molecule has 1 unspecified atom stereocenters. The van der Waals surface area contributed by atoms with Crippen molar-refractivity contribution in [1.29, 1.82) is 0 Å². The second kappa shape index (κ2) is 10.5. The highest BCUT2D eigenvalue weighted by Gasteiger charge is 2.19. The molecule has 1 amide bonds. The molecule has 0 radical (unpaired) electrons. The number of halogens is 1. The number of sulfone groups is 1. The molecular weight excluding hydrogens is 340 g/mol. The average molecular weight is 365 g/mol. The van der Waals surface area contributed by atoms with Crippen molar-refractivity contribution in [2.24, 2.45) is 5.73 Å². The molecule has 0 aliphatic rings. The van der Waals surface area contributed by atoms with Crippen LogP contribution in [-0.4, -0.2) is 57.5 Å². The second-order valence-corrected chi connectivity index (χ2v) is 7.56. The minimum atomic E-state index is -3.10. The molecule has 0 aliphatic carbocycles. The lowest BCUT2D eigenvalue weighted by molar-refractivity contribution is -0.131. The Morgan fingerprint density at radius 2 is 1.91 bits per heavy atom. The molecule has 1 rings (SSSR count). The average Bonchev–Trinajstić information content (AvgIpc) is 2.48. The lowest BCUT2D eigenvalue weighted by Gasteiger charge is -2.21. The van der Waals surface area contributed by atoms with Crippen LogP contribution in [0.25, 0.3) is 0 Å². The van der Waals surface area contributed by atoms with Gasteiger partial charge in [-0.1, -0.05) is 18.2 Å². The molecule has 0 fully saturated rings. The summed E-state index contributed by atoms with van der Waals surface area (Å²) < 4.78 is 27.7. The Balaban J connectivity index is 0.00000484. The van der Waals surface area contributed by atoms with Gasteiger partial charge in [0.2, 0.25) is 5.91 Å². The first kappa shape index (κ1) is 21.7. The first-order chi connectivity index (χ1) is 10.3. The fourth-order valence-electron chi connectivity index (χ4n) is 1.87. The topological polar surface area (TPSA) is 89.7 Å². The minimum Gasteiger partial charge on any atom is -0.494 e. The van der Waals surface area contributed by atoms with Crippen molar-refractivity contribution >= 4 is 28.2 Å². The number of para-hydroxylation sites is 1. The smallest absolute Gasteiger partial charge is 0.239 e. The highest BCUT2D eigenvalue weighted by Crippen LogP contribution is 2.08. The van der Waals surface area contributed by atoms with Crippen LogP contribution in [0, 0.1) is 0 Å². The Labute approximate surface area is 144 Å². The van der Waals surface area contributed by atoms with Crippen LogP contribution < -0.4 is 10.5 Å². The number of likely N-dealkylation sites (N-methyl/N-ethyl adjacent to an activating group) is 1. The van der Waals surface area contributed by atoms with E-state index in [2.05, 4.69) is 0 Å². The van der Waals surface area contributed by atoms with E-state index in [1.807, 2.05) is 30.3 Å². The molecule has 1 aromatic carbocycles. The summed E-state index contributed by atoms with van der Waals surface area (Å²) in [6.07, 6.45) is 1.95. The molecule has 132 valence electrons. The van der Waals surface area contributed by atoms with E-state index in [0.29, 0.717) is 19.6 Å². The summed E-state index contributed by atoms with van der Waals surface area (Å²) >= 11 is 0. The van der Waals surface area contributed by atoms with Gasteiger partial charge in [0, 0.05) is 19.8 Å².